The monoisotopic (exact) mass is 545 g/mol. The molecule has 4 rings (SSSR count). The van der Waals surface area contributed by atoms with Crippen LogP contribution in [0.15, 0.2) is 97.1 Å². The Bertz CT molecular complexity index is 1410. The van der Waals surface area contributed by atoms with E-state index in [1.807, 2.05) is 92.0 Å². The van der Waals surface area contributed by atoms with Crippen molar-refractivity contribution in [2.24, 2.45) is 0 Å². The van der Waals surface area contributed by atoms with Gasteiger partial charge in [-0.3, -0.25) is 4.79 Å². The second kappa shape index (κ2) is 15.4. The summed E-state index contributed by atoms with van der Waals surface area (Å²) in [7, 11) is 0. The first-order valence-electron chi connectivity index (χ1n) is 13.0. The van der Waals surface area contributed by atoms with Gasteiger partial charge in [0, 0.05) is 5.56 Å². The van der Waals surface area contributed by atoms with Gasteiger partial charge in [0.2, 0.25) is 0 Å². The van der Waals surface area contributed by atoms with Crippen LogP contribution in [0.2, 0.25) is 0 Å². The zero-order chi connectivity index (χ0) is 27.6. The number of nitrogens with one attached hydrogen (secondary N) is 1. The van der Waals surface area contributed by atoms with Crippen molar-refractivity contribution in [2.75, 3.05) is 12.0 Å². The summed E-state index contributed by atoms with van der Waals surface area (Å²) in [5, 5.41) is 14.3. The van der Waals surface area contributed by atoms with Crippen LogP contribution in [0, 0.1) is 6.92 Å². The molecule has 0 aliphatic rings. The van der Waals surface area contributed by atoms with Crippen LogP contribution in [-0.4, -0.2) is 29.9 Å². The van der Waals surface area contributed by atoms with Crippen LogP contribution in [0.4, 0.5) is 0 Å². The Morgan fingerprint density at radius 2 is 1.45 bits per heavy atom. The minimum atomic E-state index is -1.27. The standard InChI is InChI=1S/C33H33NO4S.Li/c1-23-8-6-7-11-28(23)30-22-25(16-19-29(30)32(35)34-31(33(36)37)20-21-39-2)13-12-24-14-17-27(18-15-24)38-26-9-4-3-5-10-26;/h3-11,14-19,22,31H,12-13,20-21H2,1-2H3,(H,34,35)(H,36,37);/q;+1/p-1. The van der Waals surface area contributed by atoms with Crippen LogP contribution < -0.4 is 34.0 Å². The van der Waals surface area contributed by atoms with E-state index in [0.717, 1.165) is 46.6 Å². The molecule has 0 aliphatic heterocycles. The summed E-state index contributed by atoms with van der Waals surface area (Å²) in [6.07, 6.45) is 3.82. The molecule has 7 heteroatoms. The van der Waals surface area contributed by atoms with Gasteiger partial charge in [-0.1, -0.05) is 66.7 Å². The molecule has 40 heavy (non-hydrogen) atoms. The number of rotatable bonds is 12. The average Bonchev–Trinajstić information content (AvgIpc) is 2.95. The molecule has 0 aliphatic carbocycles. The molecule has 1 atom stereocenters. The summed E-state index contributed by atoms with van der Waals surface area (Å²) in [5.74, 6) is 0.514. The molecule has 0 radical (unpaired) electrons. The molecule has 4 aromatic carbocycles. The van der Waals surface area contributed by atoms with Crippen molar-refractivity contribution >= 4 is 23.6 Å². The Morgan fingerprint density at radius 1 is 0.825 bits per heavy atom. The molecule has 5 nitrogen and oxygen atoms in total. The Labute approximate surface area is 252 Å². The first-order chi connectivity index (χ1) is 18.9. The van der Waals surface area contributed by atoms with E-state index in [1.54, 1.807) is 6.07 Å². The summed E-state index contributed by atoms with van der Waals surface area (Å²) in [6, 6.07) is 30.4. The minimum absolute atomic E-state index is 0. The van der Waals surface area contributed by atoms with Crippen molar-refractivity contribution in [2.45, 2.75) is 32.2 Å². The van der Waals surface area contributed by atoms with Crippen molar-refractivity contribution in [1.29, 1.82) is 0 Å². The van der Waals surface area contributed by atoms with Gasteiger partial charge < -0.3 is 20.0 Å². The van der Waals surface area contributed by atoms with Crippen molar-refractivity contribution in [3.8, 4) is 22.6 Å². The number of amides is 1. The predicted molar refractivity (Wildman–Crippen MR) is 156 cm³/mol. The summed E-state index contributed by atoms with van der Waals surface area (Å²) in [4.78, 5) is 24.9. The molecule has 0 bridgehead atoms. The number of carbonyl (C=O) groups excluding carboxylic acids is 2. The Kier molecular flexibility index (Phi) is 12.0. The quantitative estimate of drug-likeness (QED) is 0.277. The maximum absolute atomic E-state index is 13.3. The molecule has 200 valence electrons. The Balaban J connectivity index is 0.00000441. The molecular weight excluding hydrogens is 513 g/mol. The molecule has 0 saturated heterocycles. The number of hydrogen-bond donors (Lipinski definition) is 1. The number of carboxylic acids is 1. The predicted octanol–water partition coefficient (Wildman–Crippen LogP) is 2.84. The fraction of sp³-hybridized carbons (Fsp3) is 0.212. The van der Waals surface area contributed by atoms with E-state index in [1.165, 1.54) is 17.3 Å². The van der Waals surface area contributed by atoms with Crippen LogP contribution in [0.5, 0.6) is 11.5 Å². The minimum Gasteiger partial charge on any atom is -0.548 e. The number of ether oxygens (including phenoxy) is 1. The van der Waals surface area contributed by atoms with Crippen molar-refractivity contribution in [3.05, 3.63) is 119 Å². The van der Waals surface area contributed by atoms with Crippen LogP contribution in [-0.2, 0) is 17.6 Å². The number of hydrogen-bond acceptors (Lipinski definition) is 5. The molecule has 4 aromatic rings. The van der Waals surface area contributed by atoms with Crippen molar-refractivity contribution in [1.82, 2.24) is 5.32 Å². The molecule has 1 N–H and O–H groups in total. The topological polar surface area (TPSA) is 78.5 Å². The van der Waals surface area contributed by atoms with Gasteiger partial charge in [-0.25, -0.2) is 0 Å². The third-order valence-electron chi connectivity index (χ3n) is 6.57. The smallest absolute Gasteiger partial charge is 0.548 e. The second-order valence-electron chi connectivity index (χ2n) is 9.38. The fourth-order valence-corrected chi connectivity index (χ4v) is 4.87. The van der Waals surface area contributed by atoms with Gasteiger partial charge in [0.15, 0.2) is 0 Å². The second-order valence-corrected chi connectivity index (χ2v) is 10.4. The SMILES string of the molecule is CSCCC(NC(=O)c1ccc(CCc2ccc(Oc3ccccc3)cc2)cc1-c1ccccc1C)C(=O)[O-].[Li+]. The molecule has 0 aromatic heterocycles. The van der Waals surface area contributed by atoms with E-state index in [-0.39, 0.29) is 18.9 Å². The number of benzene rings is 4. The molecule has 0 spiro atoms. The largest absolute Gasteiger partial charge is 1.00 e. The molecule has 0 fully saturated rings. The van der Waals surface area contributed by atoms with Crippen LogP contribution in [0.1, 0.15) is 33.5 Å². The summed E-state index contributed by atoms with van der Waals surface area (Å²) < 4.78 is 5.89. The van der Waals surface area contributed by atoms with E-state index in [4.69, 9.17) is 4.74 Å². The molecule has 1 amide bonds. The van der Waals surface area contributed by atoms with Crippen LogP contribution >= 0.6 is 11.8 Å². The zero-order valence-electron chi connectivity index (χ0n) is 23.2. The number of para-hydroxylation sites is 1. The number of carbonyl (C=O) groups is 2. The van der Waals surface area contributed by atoms with Gasteiger partial charge in [0.05, 0.1) is 12.0 Å². The van der Waals surface area contributed by atoms with Gasteiger partial charge in [0.1, 0.15) is 11.5 Å². The Morgan fingerprint density at radius 3 is 2.12 bits per heavy atom. The number of carboxylic acid groups (broad SMARTS) is 1. The van der Waals surface area contributed by atoms with E-state index in [9.17, 15) is 14.7 Å². The van der Waals surface area contributed by atoms with Crippen molar-refractivity contribution in [3.63, 3.8) is 0 Å². The molecule has 1 unspecified atom stereocenters. The number of thioether (sulfide) groups is 1. The summed E-state index contributed by atoms with van der Waals surface area (Å²) in [6.45, 7) is 2.01. The molecule has 0 heterocycles. The Hall–Kier alpha value is -3.43. The third kappa shape index (κ3) is 8.53. The van der Waals surface area contributed by atoms with Crippen LogP contribution in [0.25, 0.3) is 11.1 Å². The van der Waals surface area contributed by atoms with E-state index in [2.05, 4.69) is 17.4 Å². The maximum atomic E-state index is 13.3. The van der Waals surface area contributed by atoms with Gasteiger partial charge >= 0.3 is 18.9 Å². The first-order valence-corrected chi connectivity index (χ1v) is 14.4. The normalized spacial score (nSPS) is 11.2. The van der Waals surface area contributed by atoms with Crippen molar-refractivity contribution < 1.29 is 38.3 Å². The summed E-state index contributed by atoms with van der Waals surface area (Å²) in [5.41, 5.74) is 5.49. The van der Waals surface area contributed by atoms with E-state index in [0.29, 0.717) is 17.7 Å². The third-order valence-corrected chi connectivity index (χ3v) is 7.21. The van der Waals surface area contributed by atoms with Gasteiger partial charge in [0.25, 0.3) is 5.91 Å². The first kappa shape index (κ1) is 31.1. The van der Waals surface area contributed by atoms with E-state index < -0.39 is 17.9 Å². The van der Waals surface area contributed by atoms with Gasteiger partial charge in [-0.05, 0) is 96.3 Å². The zero-order valence-corrected chi connectivity index (χ0v) is 24.0. The van der Waals surface area contributed by atoms with E-state index >= 15 is 0 Å². The maximum Gasteiger partial charge on any atom is 1.00 e. The number of aryl methyl sites for hydroxylation is 3. The summed E-state index contributed by atoms with van der Waals surface area (Å²) >= 11 is 1.53. The van der Waals surface area contributed by atoms with Crippen LogP contribution in [0.3, 0.4) is 0 Å². The van der Waals surface area contributed by atoms with Gasteiger partial charge in [-0.15, -0.1) is 0 Å². The fourth-order valence-electron chi connectivity index (χ4n) is 4.40. The average molecular weight is 546 g/mol. The molecule has 0 saturated carbocycles. The molecular formula is C33H32LiNO4S. The number of aliphatic carboxylic acids is 1. The van der Waals surface area contributed by atoms with Gasteiger partial charge in [-0.2, -0.15) is 11.8 Å².